The molecule has 266 valence electrons. The first kappa shape index (κ1) is 36.0. The second-order valence-corrected chi connectivity index (χ2v) is 12.0. The fourth-order valence-corrected chi connectivity index (χ4v) is 6.37. The fourth-order valence-electron chi connectivity index (χ4n) is 6.37. The number of hydrogen-bond donors (Lipinski definition) is 1. The largest absolute Gasteiger partial charge is 0.481 e. The van der Waals surface area contributed by atoms with Gasteiger partial charge in [0.1, 0.15) is 0 Å². The van der Waals surface area contributed by atoms with E-state index in [1.54, 1.807) is 31.5 Å². The van der Waals surface area contributed by atoms with E-state index < -0.39 is 48.2 Å². The number of hydrogen-bond acceptors (Lipinski definition) is 9. The van der Waals surface area contributed by atoms with Gasteiger partial charge in [-0.15, -0.1) is 0 Å². The van der Waals surface area contributed by atoms with Crippen molar-refractivity contribution in [3.05, 3.63) is 65.1 Å². The lowest BCUT2D eigenvalue weighted by atomic mass is 9.92. The van der Waals surface area contributed by atoms with Crippen molar-refractivity contribution in [2.45, 2.75) is 70.5 Å². The van der Waals surface area contributed by atoms with E-state index in [0.29, 0.717) is 48.7 Å². The molecule has 1 fully saturated rings. The van der Waals surface area contributed by atoms with Crippen LogP contribution in [-0.4, -0.2) is 65.6 Å². The molecule has 1 unspecified atom stereocenters. The minimum atomic E-state index is -5.04. The van der Waals surface area contributed by atoms with Gasteiger partial charge in [-0.1, -0.05) is 6.92 Å². The van der Waals surface area contributed by atoms with Gasteiger partial charge < -0.3 is 24.4 Å². The molecule has 0 aliphatic carbocycles. The van der Waals surface area contributed by atoms with Gasteiger partial charge in [-0.25, -0.2) is 19.7 Å². The molecule has 2 aromatic heterocycles. The van der Waals surface area contributed by atoms with Crippen molar-refractivity contribution in [2.24, 2.45) is 5.92 Å². The smallest absolute Gasteiger partial charge is 0.416 e. The monoisotopic (exact) mass is 696 g/mol. The fraction of sp³-hybridized carbons (Fsp3) is 0.515. The van der Waals surface area contributed by atoms with Gasteiger partial charge in [-0.05, 0) is 68.4 Å². The highest BCUT2D eigenvalue weighted by atomic mass is 19.4. The third-order valence-corrected chi connectivity index (χ3v) is 8.95. The van der Waals surface area contributed by atoms with Crippen molar-refractivity contribution < 1.29 is 45.7 Å². The maximum Gasteiger partial charge on any atom is 0.416 e. The van der Waals surface area contributed by atoms with E-state index in [9.17, 15) is 36.2 Å². The molecule has 0 radical (unpaired) electrons. The number of aliphatic hydroxyl groups is 1. The summed E-state index contributed by atoms with van der Waals surface area (Å²) in [6, 6.07) is 3.35. The number of aromatic nitrogens is 3. The molecule has 49 heavy (non-hydrogen) atoms. The van der Waals surface area contributed by atoms with Gasteiger partial charge in [-0.3, -0.25) is 4.90 Å². The molecule has 0 bridgehead atoms. The van der Waals surface area contributed by atoms with Crippen LogP contribution in [0.3, 0.4) is 0 Å². The number of rotatable bonds is 9. The first-order valence-corrected chi connectivity index (χ1v) is 16.0. The Bertz CT molecular complexity index is 1570. The first-order chi connectivity index (χ1) is 23.3. The van der Waals surface area contributed by atoms with Crippen LogP contribution in [0.4, 0.5) is 48.5 Å². The van der Waals surface area contributed by atoms with Crippen molar-refractivity contribution in [3.8, 4) is 5.88 Å². The number of ether oxygens (including phenoxy) is 2. The number of nitrogens with zero attached hydrogens (tertiary/aromatic N) is 6. The summed E-state index contributed by atoms with van der Waals surface area (Å²) in [6.45, 7) is 4.59. The van der Waals surface area contributed by atoms with Crippen molar-refractivity contribution in [1.82, 2.24) is 15.0 Å². The number of amides is 1. The Morgan fingerprint density at radius 3 is 2.16 bits per heavy atom. The van der Waals surface area contributed by atoms with Crippen LogP contribution in [0.2, 0.25) is 0 Å². The summed E-state index contributed by atoms with van der Waals surface area (Å²) in [6.07, 6.45) is -5.42. The molecular formula is C33H38F6N6O4. The van der Waals surface area contributed by atoms with Gasteiger partial charge in [0.15, 0.2) is 0 Å². The maximum atomic E-state index is 13.9. The molecular weight excluding hydrogens is 658 g/mol. The topological polar surface area (TPSA) is 104 Å². The molecule has 2 aliphatic rings. The zero-order chi connectivity index (χ0) is 35.5. The standard InChI is InChI=1S/C33H38F6N6O4/c1-4-24-15-27(29-26(6-7-28(42-29)48-3)45(24)31(47)49-5-2)44(18-21-12-22(32(34,35)36)14-23(13-21)33(37,38)39)30-40-16-25(17-41-30)43-10-8-20(19-46)9-11-43/h6-7,12-14,16-17,20,24,27,46H,4-5,8-11,15,18-19H2,1-3H3/t24-,27?/m1/s1. The summed E-state index contributed by atoms with van der Waals surface area (Å²) in [4.78, 5) is 32.0. The lowest BCUT2D eigenvalue weighted by Gasteiger charge is -2.43. The molecule has 16 heteroatoms. The molecule has 2 aliphatic heterocycles. The highest BCUT2D eigenvalue weighted by Crippen LogP contribution is 2.44. The van der Waals surface area contributed by atoms with E-state index in [1.165, 1.54) is 16.9 Å². The molecule has 1 aromatic carbocycles. The van der Waals surface area contributed by atoms with E-state index >= 15 is 0 Å². The Morgan fingerprint density at radius 2 is 1.63 bits per heavy atom. The summed E-state index contributed by atoms with van der Waals surface area (Å²) in [5, 5.41) is 9.51. The summed E-state index contributed by atoms with van der Waals surface area (Å²) in [5.74, 6) is 0.418. The molecule has 1 saturated heterocycles. The van der Waals surface area contributed by atoms with Gasteiger partial charge >= 0.3 is 18.4 Å². The average Bonchev–Trinajstić information content (AvgIpc) is 3.09. The SMILES string of the molecule is CCOC(=O)N1c2ccc(OC)nc2C(N(Cc2cc(C(F)(F)F)cc(C(F)(F)F)c2)c2ncc(N3CCC(CO)CC3)cn2)C[C@H]1CC. The Labute approximate surface area is 279 Å². The summed E-state index contributed by atoms with van der Waals surface area (Å²) >= 11 is 0. The van der Waals surface area contributed by atoms with E-state index in [2.05, 4.69) is 19.9 Å². The predicted molar refractivity (Wildman–Crippen MR) is 168 cm³/mol. The molecule has 0 saturated carbocycles. The van der Waals surface area contributed by atoms with Crippen LogP contribution in [0.5, 0.6) is 5.88 Å². The van der Waals surface area contributed by atoms with Crippen LogP contribution in [-0.2, 0) is 23.6 Å². The normalized spacial score (nSPS) is 18.7. The van der Waals surface area contributed by atoms with Crippen LogP contribution in [0.1, 0.15) is 68.0 Å². The van der Waals surface area contributed by atoms with Crippen LogP contribution in [0, 0.1) is 5.92 Å². The van der Waals surface area contributed by atoms with Crippen LogP contribution < -0.4 is 19.4 Å². The number of fused-ring (bicyclic) bond motifs is 1. The van der Waals surface area contributed by atoms with E-state index in [1.807, 2.05) is 6.92 Å². The van der Waals surface area contributed by atoms with Gasteiger partial charge in [0.25, 0.3) is 0 Å². The van der Waals surface area contributed by atoms with Gasteiger partial charge in [0.2, 0.25) is 11.8 Å². The lowest BCUT2D eigenvalue weighted by Crippen LogP contribution is -2.48. The average molecular weight is 697 g/mol. The number of piperidine rings is 1. The third kappa shape index (κ3) is 7.94. The quantitative estimate of drug-likeness (QED) is 0.237. The molecule has 1 amide bonds. The number of benzene rings is 1. The molecule has 4 heterocycles. The Kier molecular flexibility index (Phi) is 10.7. The van der Waals surface area contributed by atoms with Gasteiger partial charge in [-0.2, -0.15) is 26.3 Å². The van der Waals surface area contributed by atoms with Crippen molar-refractivity contribution in [3.63, 3.8) is 0 Å². The number of carbonyl (C=O) groups is 1. The highest BCUT2D eigenvalue weighted by molar-refractivity contribution is 5.90. The van der Waals surface area contributed by atoms with E-state index in [4.69, 9.17) is 9.47 Å². The van der Waals surface area contributed by atoms with Gasteiger partial charge in [0.05, 0.1) is 60.3 Å². The van der Waals surface area contributed by atoms with Crippen molar-refractivity contribution >= 4 is 23.4 Å². The van der Waals surface area contributed by atoms with Gasteiger partial charge in [0, 0.05) is 38.3 Å². The molecule has 10 nitrogen and oxygen atoms in total. The third-order valence-electron chi connectivity index (χ3n) is 8.95. The number of aliphatic hydroxyl groups excluding tert-OH is 1. The van der Waals surface area contributed by atoms with Crippen LogP contribution in [0.25, 0.3) is 0 Å². The summed E-state index contributed by atoms with van der Waals surface area (Å²) in [5.41, 5.74) is -1.82. The molecule has 0 spiro atoms. The zero-order valence-corrected chi connectivity index (χ0v) is 27.3. The predicted octanol–water partition coefficient (Wildman–Crippen LogP) is 7.02. The minimum Gasteiger partial charge on any atom is -0.481 e. The molecule has 3 aromatic rings. The summed E-state index contributed by atoms with van der Waals surface area (Å²) < 4.78 is 94.0. The lowest BCUT2D eigenvalue weighted by molar-refractivity contribution is -0.143. The minimum absolute atomic E-state index is 0.0416. The summed E-state index contributed by atoms with van der Waals surface area (Å²) in [7, 11) is 1.40. The van der Waals surface area contributed by atoms with E-state index in [-0.39, 0.29) is 49.0 Å². The van der Waals surface area contributed by atoms with Crippen LogP contribution in [0.15, 0.2) is 42.7 Å². The number of halogens is 6. The number of methoxy groups -OCH3 is 1. The number of carbonyl (C=O) groups excluding carboxylic acids is 1. The molecule has 5 rings (SSSR count). The first-order valence-electron chi connectivity index (χ1n) is 16.0. The van der Waals surface area contributed by atoms with Crippen LogP contribution >= 0.6 is 0 Å². The second kappa shape index (κ2) is 14.6. The number of anilines is 3. The zero-order valence-electron chi connectivity index (χ0n) is 27.3. The Morgan fingerprint density at radius 1 is 1.00 bits per heavy atom. The molecule has 2 atom stereocenters. The van der Waals surface area contributed by atoms with E-state index in [0.717, 1.165) is 12.8 Å². The maximum absolute atomic E-state index is 13.9. The number of pyridine rings is 1. The highest BCUT2D eigenvalue weighted by Gasteiger charge is 2.42. The molecule has 1 N–H and O–H groups in total. The van der Waals surface area contributed by atoms with Crippen molar-refractivity contribution in [2.75, 3.05) is 48.1 Å². The Balaban J connectivity index is 1.63. The Hall–Kier alpha value is -4.34. The number of alkyl halides is 6. The second-order valence-electron chi connectivity index (χ2n) is 12.0. The van der Waals surface area contributed by atoms with Crippen molar-refractivity contribution in [1.29, 1.82) is 0 Å².